The van der Waals surface area contributed by atoms with Crippen LogP contribution in [0.2, 0.25) is 0 Å². The van der Waals surface area contributed by atoms with Gasteiger partial charge < -0.3 is 10.6 Å². The molecule has 0 bridgehead atoms. The first-order valence-electron chi connectivity index (χ1n) is 4.51. The number of carbonyl (C=O) groups excluding carboxylic acids is 1. The Balaban J connectivity index is 2.22. The maximum absolute atomic E-state index is 10.8. The number of hydrogen-bond donors (Lipinski definition) is 1. The third-order valence-corrected chi connectivity index (χ3v) is 2.26. The second kappa shape index (κ2) is 5.31. The van der Waals surface area contributed by atoms with Crippen LogP contribution in [0.5, 0.6) is 0 Å². The zero-order valence-electron chi connectivity index (χ0n) is 7.96. The van der Waals surface area contributed by atoms with Gasteiger partial charge in [-0.25, -0.2) is 4.79 Å². The summed E-state index contributed by atoms with van der Waals surface area (Å²) in [6.45, 7) is 4.13. The van der Waals surface area contributed by atoms with E-state index in [4.69, 9.17) is 11.3 Å². The van der Waals surface area contributed by atoms with Gasteiger partial charge in [-0.15, -0.1) is 0 Å². The van der Waals surface area contributed by atoms with Gasteiger partial charge in [0.25, 0.3) is 0 Å². The monoisotopic (exact) mass is 198 g/mol. The molecule has 0 spiro atoms. The van der Waals surface area contributed by atoms with E-state index in [-0.39, 0.29) is 6.03 Å². The SMILES string of the molecule is [N-]=[N+]=NCCN1CCN(C(N)=O)CC1. The Morgan fingerprint density at radius 1 is 1.43 bits per heavy atom. The first-order valence-corrected chi connectivity index (χ1v) is 4.51. The molecule has 7 heteroatoms. The molecule has 0 atom stereocenters. The predicted molar refractivity (Wildman–Crippen MR) is 51.6 cm³/mol. The van der Waals surface area contributed by atoms with Crippen molar-refractivity contribution in [2.75, 3.05) is 39.3 Å². The predicted octanol–water partition coefficient (Wildman–Crippen LogP) is -0.00700. The van der Waals surface area contributed by atoms with Crippen LogP contribution in [0.25, 0.3) is 10.4 Å². The Kier molecular flexibility index (Phi) is 4.03. The van der Waals surface area contributed by atoms with E-state index in [0.29, 0.717) is 19.6 Å². The maximum atomic E-state index is 10.8. The largest absolute Gasteiger partial charge is 0.351 e. The van der Waals surface area contributed by atoms with E-state index in [1.807, 2.05) is 0 Å². The zero-order valence-corrected chi connectivity index (χ0v) is 7.96. The summed E-state index contributed by atoms with van der Waals surface area (Å²) in [4.78, 5) is 17.2. The van der Waals surface area contributed by atoms with Gasteiger partial charge in [-0.3, -0.25) is 4.90 Å². The molecule has 0 aliphatic carbocycles. The number of urea groups is 1. The molecule has 14 heavy (non-hydrogen) atoms. The quantitative estimate of drug-likeness (QED) is 0.392. The molecule has 7 nitrogen and oxygen atoms in total. The van der Waals surface area contributed by atoms with Crippen molar-refractivity contribution in [1.82, 2.24) is 9.80 Å². The van der Waals surface area contributed by atoms with Gasteiger partial charge in [0.1, 0.15) is 0 Å². The zero-order chi connectivity index (χ0) is 10.4. The van der Waals surface area contributed by atoms with Crippen LogP contribution >= 0.6 is 0 Å². The lowest BCUT2D eigenvalue weighted by atomic mass is 10.3. The molecule has 2 N–H and O–H groups in total. The second-order valence-electron chi connectivity index (χ2n) is 3.12. The summed E-state index contributed by atoms with van der Waals surface area (Å²) in [6, 6.07) is -0.361. The van der Waals surface area contributed by atoms with E-state index < -0.39 is 0 Å². The van der Waals surface area contributed by atoms with Crippen molar-refractivity contribution in [2.45, 2.75) is 0 Å². The van der Waals surface area contributed by atoms with Crippen LogP contribution in [-0.4, -0.2) is 55.1 Å². The van der Waals surface area contributed by atoms with Crippen molar-refractivity contribution in [3.63, 3.8) is 0 Å². The first kappa shape index (κ1) is 10.6. The lowest BCUT2D eigenvalue weighted by molar-refractivity contribution is 0.147. The van der Waals surface area contributed by atoms with E-state index in [1.165, 1.54) is 0 Å². The highest BCUT2D eigenvalue weighted by molar-refractivity contribution is 5.72. The number of carbonyl (C=O) groups is 1. The minimum absolute atomic E-state index is 0.361. The van der Waals surface area contributed by atoms with E-state index >= 15 is 0 Å². The van der Waals surface area contributed by atoms with Gasteiger partial charge in [0.15, 0.2) is 0 Å². The average Bonchev–Trinajstić information content (AvgIpc) is 2.19. The van der Waals surface area contributed by atoms with Crippen molar-refractivity contribution in [1.29, 1.82) is 0 Å². The molecule has 0 aromatic rings. The lowest BCUT2D eigenvalue weighted by Crippen LogP contribution is -2.50. The number of amides is 2. The summed E-state index contributed by atoms with van der Waals surface area (Å²) >= 11 is 0. The molecule has 0 aromatic heterocycles. The normalized spacial score (nSPS) is 17.6. The summed E-state index contributed by atoms with van der Waals surface area (Å²) in [7, 11) is 0. The topological polar surface area (TPSA) is 98.3 Å². The van der Waals surface area contributed by atoms with Gasteiger partial charge in [-0.05, 0) is 5.53 Å². The number of azide groups is 1. The number of piperazine rings is 1. The van der Waals surface area contributed by atoms with E-state index in [1.54, 1.807) is 4.90 Å². The highest BCUT2D eigenvalue weighted by Crippen LogP contribution is 2.00. The minimum Gasteiger partial charge on any atom is -0.351 e. The highest BCUT2D eigenvalue weighted by atomic mass is 16.2. The summed E-state index contributed by atoms with van der Waals surface area (Å²) in [5.41, 5.74) is 13.2. The van der Waals surface area contributed by atoms with Gasteiger partial charge >= 0.3 is 6.03 Å². The number of nitrogens with zero attached hydrogens (tertiary/aromatic N) is 5. The second-order valence-corrected chi connectivity index (χ2v) is 3.12. The number of nitrogens with two attached hydrogens (primary N) is 1. The molecule has 1 heterocycles. The number of hydrogen-bond acceptors (Lipinski definition) is 3. The maximum Gasteiger partial charge on any atom is 0.314 e. The molecular weight excluding hydrogens is 184 g/mol. The smallest absolute Gasteiger partial charge is 0.314 e. The van der Waals surface area contributed by atoms with Crippen LogP contribution in [0.15, 0.2) is 5.11 Å². The molecule has 2 amide bonds. The Morgan fingerprint density at radius 2 is 2.07 bits per heavy atom. The van der Waals surface area contributed by atoms with E-state index in [0.717, 1.165) is 19.6 Å². The Bertz CT molecular complexity index is 241. The van der Waals surface area contributed by atoms with E-state index in [2.05, 4.69) is 14.9 Å². The summed E-state index contributed by atoms with van der Waals surface area (Å²) in [5, 5.41) is 3.45. The minimum atomic E-state index is -0.361. The van der Waals surface area contributed by atoms with E-state index in [9.17, 15) is 4.79 Å². The summed E-state index contributed by atoms with van der Waals surface area (Å²) < 4.78 is 0. The fraction of sp³-hybridized carbons (Fsp3) is 0.857. The van der Waals surface area contributed by atoms with Crippen molar-refractivity contribution >= 4 is 6.03 Å². The van der Waals surface area contributed by atoms with Gasteiger partial charge in [0, 0.05) is 44.2 Å². The van der Waals surface area contributed by atoms with Gasteiger partial charge in [-0.2, -0.15) is 0 Å². The van der Waals surface area contributed by atoms with Crippen molar-refractivity contribution < 1.29 is 4.79 Å². The molecule has 1 fully saturated rings. The Labute approximate surface area is 82.1 Å². The molecular formula is C7H14N6O. The molecule has 0 saturated carbocycles. The van der Waals surface area contributed by atoms with Crippen molar-refractivity contribution in [3.05, 3.63) is 10.4 Å². The van der Waals surface area contributed by atoms with Gasteiger partial charge in [0.05, 0.1) is 0 Å². The summed E-state index contributed by atoms with van der Waals surface area (Å²) in [6.07, 6.45) is 0. The molecule has 1 aliphatic rings. The Hall–Kier alpha value is -1.46. The molecule has 1 rings (SSSR count). The van der Waals surface area contributed by atoms with Crippen LogP contribution in [0.3, 0.4) is 0 Å². The number of rotatable bonds is 3. The molecule has 1 aliphatic heterocycles. The van der Waals surface area contributed by atoms with Crippen LogP contribution < -0.4 is 5.73 Å². The van der Waals surface area contributed by atoms with Crippen LogP contribution in [-0.2, 0) is 0 Å². The highest BCUT2D eigenvalue weighted by Gasteiger charge is 2.17. The number of primary amides is 1. The van der Waals surface area contributed by atoms with Crippen molar-refractivity contribution in [2.24, 2.45) is 10.8 Å². The fourth-order valence-electron chi connectivity index (χ4n) is 1.42. The lowest BCUT2D eigenvalue weighted by Gasteiger charge is -2.33. The van der Waals surface area contributed by atoms with Gasteiger partial charge in [-0.1, -0.05) is 5.11 Å². The molecule has 0 radical (unpaired) electrons. The fourth-order valence-corrected chi connectivity index (χ4v) is 1.42. The summed E-state index contributed by atoms with van der Waals surface area (Å²) in [5.74, 6) is 0. The molecule has 1 saturated heterocycles. The molecule has 0 unspecified atom stereocenters. The van der Waals surface area contributed by atoms with Crippen LogP contribution in [0.4, 0.5) is 4.79 Å². The average molecular weight is 198 g/mol. The third kappa shape index (κ3) is 3.12. The Morgan fingerprint density at radius 3 is 2.57 bits per heavy atom. The van der Waals surface area contributed by atoms with Gasteiger partial charge in [0.2, 0.25) is 0 Å². The van der Waals surface area contributed by atoms with Crippen LogP contribution in [0, 0.1) is 0 Å². The van der Waals surface area contributed by atoms with Crippen LogP contribution in [0.1, 0.15) is 0 Å². The molecule has 0 aromatic carbocycles. The molecule has 78 valence electrons. The van der Waals surface area contributed by atoms with Crippen molar-refractivity contribution in [3.8, 4) is 0 Å². The first-order chi connectivity index (χ1) is 6.74. The third-order valence-electron chi connectivity index (χ3n) is 2.26. The standard InChI is InChI=1S/C7H14N6O/c8-7(14)13-5-3-12(4-6-13)2-1-10-11-9/h1-6H2,(H2,8,14).